The summed E-state index contributed by atoms with van der Waals surface area (Å²) < 4.78 is 204. The summed E-state index contributed by atoms with van der Waals surface area (Å²) in [4.78, 5) is 0. The summed E-state index contributed by atoms with van der Waals surface area (Å²) in [7, 11) is -3.79. The average molecular weight is 605 g/mol. The van der Waals surface area contributed by atoms with Crippen LogP contribution < -0.4 is 9.05 Å². The fourth-order valence-corrected chi connectivity index (χ4v) is 4.31. The second-order valence-electron chi connectivity index (χ2n) is 6.95. The van der Waals surface area contributed by atoms with Crippen molar-refractivity contribution < 1.29 is 70.5 Å². The summed E-state index contributed by atoms with van der Waals surface area (Å²) >= 11 is 5.40. The molecule has 2 nitrogen and oxygen atoms in total. The summed E-state index contributed by atoms with van der Waals surface area (Å²) in [6.07, 6.45) is 0. The standard InChI is InChI=1S/C20ClF14O2P/c21-38(36-19-11(28)3-1(9(26)17(19)34)5(22)13(30)15(32)7(3)24)37-20-12(29)4-2(10(27)18(20)35)6(23)14(31)16(33)8(4)25. The first-order valence-electron chi connectivity index (χ1n) is 9.09. The number of hydrogen-bond acceptors (Lipinski definition) is 2. The predicted molar refractivity (Wildman–Crippen MR) is 101 cm³/mol. The summed E-state index contributed by atoms with van der Waals surface area (Å²) in [5, 5.41) is -8.19. The molecule has 0 saturated carbocycles. The highest BCUT2D eigenvalue weighted by Crippen LogP contribution is 2.50. The number of benzene rings is 4. The van der Waals surface area contributed by atoms with Crippen LogP contribution >= 0.6 is 19.0 Å². The highest BCUT2D eigenvalue weighted by molar-refractivity contribution is 7.76. The van der Waals surface area contributed by atoms with E-state index in [9.17, 15) is 61.5 Å². The molecule has 0 spiro atoms. The minimum atomic E-state index is -3.79. The molecule has 0 heterocycles. The average Bonchev–Trinajstić information content (AvgIpc) is 2.88. The van der Waals surface area contributed by atoms with E-state index in [2.05, 4.69) is 9.05 Å². The van der Waals surface area contributed by atoms with Gasteiger partial charge in [-0.2, -0.15) is 8.78 Å². The van der Waals surface area contributed by atoms with Gasteiger partial charge in [-0.05, 0) is 11.2 Å². The lowest BCUT2D eigenvalue weighted by atomic mass is 10.1. The van der Waals surface area contributed by atoms with Crippen molar-refractivity contribution >= 4 is 40.5 Å². The van der Waals surface area contributed by atoms with Gasteiger partial charge in [0, 0.05) is 0 Å². The van der Waals surface area contributed by atoms with Crippen molar-refractivity contribution in [2.45, 2.75) is 0 Å². The first-order chi connectivity index (χ1) is 17.6. The summed E-state index contributed by atoms with van der Waals surface area (Å²) in [5.74, 6) is -40.4. The lowest BCUT2D eigenvalue weighted by Gasteiger charge is -2.17. The highest BCUT2D eigenvalue weighted by Gasteiger charge is 2.35. The molecule has 0 radical (unpaired) electrons. The van der Waals surface area contributed by atoms with Crippen LogP contribution in [0.5, 0.6) is 11.5 Å². The van der Waals surface area contributed by atoms with Crippen molar-refractivity contribution in [2.24, 2.45) is 0 Å². The van der Waals surface area contributed by atoms with Crippen LogP contribution in [0.15, 0.2) is 0 Å². The van der Waals surface area contributed by atoms with Crippen molar-refractivity contribution in [3.05, 3.63) is 81.4 Å². The van der Waals surface area contributed by atoms with Crippen LogP contribution in [0.1, 0.15) is 0 Å². The molecule has 0 aliphatic rings. The van der Waals surface area contributed by atoms with Gasteiger partial charge < -0.3 is 9.05 Å². The van der Waals surface area contributed by atoms with Crippen LogP contribution in [0, 0.1) is 81.4 Å². The molecule has 0 unspecified atom stereocenters. The van der Waals surface area contributed by atoms with Gasteiger partial charge in [0.1, 0.15) is 0 Å². The van der Waals surface area contributed by atoms with Crippen LogP contribution in [0.4, 0.5) is 61.5 Å². The van der Waals surface area contributed by atoms with Crippen molar-refractivity contribution in [3.63, 3.8) is 0 Å². The Hall–Kier alpha value is -3.26. The van der Waals surface area contributed by atoms with E-state index in [1.165, 1.54) is 0 Å². The number of hydrogen-bond donors (Lipinski definition) is 0. The van der Waals surface area contributed by atoms with Crippen molar-refractivity contribution in [3.8, 4) is 11.5 Å². The van der Waals surface area contributed by atoms with Crippen molar-refractivity contribution in [1.82, 2.24) is 0 Å². The van der Waals surface area contributed by atoms with Crippen LogP contribution in [0.2, 0.25) is 0 Å². The zero-order chi connectivity index (χ0) is 28.5. The van der Waals surface area contributed by atoms with Gasteiger partial charge in [-0.25, -0.2) is 52.7 Å². The first kappa shape index (κ1) is 27.8. The zero-order valence-electron chi connectivity index (χ0n) is 16.9. The maximum absolute atomic E-state index is 14.7. The Morgan fingerprint density at radius 1 is 0.316 bits per heavy atom. The molecular weight excluding hydrogens is 605 g/mol. The molecule has 0 bridgehead atoms. The van der Waals surface area contributed by atoms with E-state index < -0.39 is 122 Å². The lowest BCUT2D eigenvalue weighted by Crippen LogP contribution is -2.08. The second kappa shape index (κ2) is 9.49. The molecule has 4 aromatic rings. The monoisotopic (exact) mass is 604 g/mol. The normalized spacial score (nSPS) is 11.8. The molecule has 4 rings (SSSR count). The third-order valence-electron chi connectivity index (χ3n) is 4.92. The maximum Gasteiger partial charge on any atom is 0.401 e. The minimum Gasteiger partial charge on any atom is -0.421 e. The fourth-order valence-electron chi connectivity index (χ4n) is 3.25. The molecule has 18 heteroatoms. The maximum atomic E-state index is 14.7. The highest BCUT2D eigenvalue weighted by atomic mass is 35.7. The quantitative estimate of drug-likeness (QED) is 0.100. The second-order valence-corrected chi connectivity index (χ2v) is 8.57. The molecule has 0 aromatic heterocycles. The SMILES string of the molecule is Fc1c(F)c(F)c2c(F)c(OP(Cl)Oc3c(F)c(F)c4c(F)c(F)c(F)c(F)c4c3F)c(F)c(F)c2c1F. The first-order valence-corrected chi connectivity index (χ1v) is 11.2. The Morgan fingerprint density at radius 3 is 0.789 bits per heavy atom. The fraction of sp³-hybridized carbons (Fsp3) is 0. The van der Waals surface area contributed by atoms with Gasteiger partial charge in [0.25, 0.3) is 0 Å². The van der Waals surface area contributed by atoms with Crippen LogP contribution in [-0.2, 0) is 0 Å². The minimum absolute atomic E-state index is 2.04. The van der Waals surface area contributed by atoms with Crippen LogP contribution in [0.3, 0.4) is 0 Å². The number of fused-ring (bicyclic) bond motifs is 2. The Labute approximate surface area is 204 Å². The zero-order valence-corrected chi connectivity index (χ0v) is 18.6. The Bertz CT molecular complexity index is 1570. The molecular formula is C20ClF14O2P. The third kappa shape index (κ3) is 3.83. The molecule has 0 N–H and O–H groups in total. The third-order valence-corrected chi connectivity index (χ3v) is 5.99. The van der Waals surface area contributed by atoms with E-state index in [1.807, 2.05) is 0 Å². The van der Waals surface area contributed by atoms with Gasteiger partial charge in [-0.1, -0.05) is 0 Å². The smallest absolute Gasteiger partial charge is 0.401 e. The van der Waals surface area contributed by atoms with Gasteiger partial charge in [-0.15, -0.1) is 0 Å². The van der Waals surface area contributed by atoms with Crippen LogP contribution in [0.25, 0.3) is 21.5 Å². The topological polar surface area (TPSA) is 18.5 Å². The molecule has 4 aromatic carbocycles. The Morgan fingerprint density at radius 2 is 0.526 bits per heavy atom. The molecule has 0 atom stereocenters. The van der Waals surface area contributed by atoms with E-state index in [4.69, 9.17) is 11.2 Å². The van der Waals surface area contributed by atoms with Gasteiger partial charge >= 0.3 is 7.73 Å². The molecule has 0 aliphatic carbocycles. The largest absolute Gasteiger partial charge is 0.421 e. The number of halogens is 15. The van der Waals surface area contributed by atoms with E-state index in [0.29, 0.717) is 0 Å². The Balaban J connectivity index is 1.85. The van der Waals surface area contributed by atoms with Gasteiger partial charge in [0.2, 0.25) is 23.1 Å². The van der Waals surface area contributed by atoms with Crippen molar-refractivity contribution in [1.29, 1.82) is 0 Å². The van der Waals surface area contributed by atoms with E-state index in [1.54, 1.807) is 0 Å². The molecule has 0 fully saturated rings. The summed E-state index contributed by atoms with van der Waals surface area (Å²) in [6.45, 7) is 0. The molecule has 0 saturated heterocycles. The molecule has 38 heavy (non-hydrogen) atoms. The van der Waals surface area contributed by atoms with Crippen LogP contribution in [-0.4, -0.2) is 0 Å². The summed E-state index contributed by atoms with van der Waals surface area (Å²) in [6, 6.07) is 0. The molecule has 0 aliphatic heterocycles. The van der Waals surface area contributed by atoms with Crippen molar-refractivity contribution in [2.75, 3.05) is 0 Å². The van der Waals surface area contributed by atoms with Gasteiger partial charge in [0.05, 0.1) is 21.5 Å². The van der Waals surface area contributed by atoms with E-state index >= 15 is 0 Å². The molecule has 202 valence electrons. The summed E-state index contributed by atoms with van der Waals surface area (Å²) in [5.41, 5.74) is 0. The van der Waals surface area contributed by atoms with Gasteiger partial charge in [-0.3, -0.25) is 0 Å². The van der Waals surface area contributed by atoms with E-state index in [0.717, 1.165) is 0 Å². The lowest BCUT2D eigenvalue weighted by molar-refractivity contribution is 0.389. The van der Waals surface area contributed by atoms with Gasteiger partial charge in [0.15, 0.2) is 69.8 Å². The molecule has 0 amide bonds. The van der Waals surface area contributed by atoms with E-state index in [-0.39, 0.29) is 0 Å². The number of rotatable bonds is 4. The Kier molecular flexibility index (Phi) is 6.93. The predicted octanol–water partition coefficient (Wildman–Crippen LogP) is 8.86.